The molecule has 2 unspecified atom stereocenters. The third-order valence-corrected chi connectivity index (χ3v) is 4.02. The minimum absolute atomic E-state index is 0.155. The molecule has 2 nitrogen and oxygen atoms in total. The SMILES string of the molecule is CC(C)NCC1CCC1Cc1ccc(OC(F)(F)F)cc1. The van der Waals surface area contributed by atoms with Crippen LogP contribution in [0.4, 0.5) is 13.2 Å². The Balaban J connectivity index is 1.83. The van der Waals surface area contributed by atoms with E-state index in [1.165, 1.54) is 25.0 Å². The van der Waals surface area contributed by atoms with E-state index in [1.54, 1.807) is 12.1 Å². The Kier molecular flexibility index (Phi) is 5.14. The van der Waals surface area contributed by atoms with Crippen molar-refractivity contribution in [2.75, 3.05) is 6.54 Å². The molecular weight excluding hydrogens is 279 g/mol. The number of ether oxygens (including phenoxy) is 1. The maximum absolute atomic E-state index is 12.1. The molecule has 21 heavy (non-hydrogen) atoms. The Hall–Kier alpha value is -1.23. The van der Waals surface area contributed by atoms with Crippen LogP contribution in [0.15, 0.2) is 24.3 Å². The highest BCUT2D eigenvalue weighted by Crippen LogP contribution is 2.36. The van der Waals surface area contributed by atoms with E-state index in [9.17, 15) is 13.2 Å². The standard InChI is InChI=1S/C16H22F3NO/c1-11(2)20-10-14-6-5-13(14)9-12-3-7-15(8-4-12)21-16(17,18)19/h3-4,7-8,11,13-14,20H,5-6,9-10H2,1-2H3. The molecule has 0 amide bonds. The van der Waals surface area contributed by atoms with Crippen molar-refractivity contribution in [3.05, 3.63) is 29.8 Å². The first kappa shape index (κ1) is 16.1. The van der Waals surface area contributed by atoms with Gasteiger partial charge in [-0.2, -0.15) is 0 Å². The molecule has 0 saturated heterocycles. The second-order valence-electron chi connectivity index (χ2n) is 6.06. The molecule has 0 radical (unpaired) electrons. The van der Waals surface area contributed by atoms with Crippen LogP contribution in [0.25, 0.3) is 0 Å². The van der Waals surface area contributed by atoms with E-state index in [1.807, 2.05) is 0 Å². The Morgan fingerprint density at radius 1 is 1.14 bits per heavy atom. The van der Waals surface area contributed by atoms with Gasteiger partial charge in [-0.25, -0.2) is 0 Å². The molecule has 1 N–H and O–H groups in total. The summed E-state index contributed by atoms with van der Waals surface area (Å²) >= 11 is 0. The number of benzene rings is 1. The first-order chi connectivity index (χ1) is 9.83. The lowest BCUT2D eigenvalue weighted by atomic mass is 9.70. The van der Waals surface area contributed by atoms with Crippen LogP contribution in [0, 0.1) is 11.8 Å². The van der Waals surface area contributed by atoms with Gasteiger partial charge in [0.2, 0.25) is 0 Å². The van der Waals surface area contributed by atoms with Crippen molar-refractivity contribution in [1.82, 2.24) is 5.32 Å². The smallest absolute Gasteiger partial charge is 0.406 e. The molecule has 1 aliphatic rings. The summed E-state index contributed by atoms with van der Waals surface area (Å²) in [5.74, 6) is 1.15. The number of alkyl halides is 3. The number of nitrogens with one attached hydrogen (secondary N) is 1. The quantitative estimate of drug-likeness (QED) is 0.852. The van der Waals surface area contributed by atoms with Crippen molar-refractivity contribution in [1.29, 1.82) is 0 Å². The lowest BCUT2D eigenvalue weighted by Gasteiger charge is -2.37. The van der Waals surface area contributed by atoms with Gasteiger partial charge in [-0.1, -0.05) is 26.0 Å². The van der Waals surface area contributed by atoms with Crippen LogP contribution in [0.2, 0.25) is 0 Å². The normalized spacial score (nSPS) is 22.2. The van der Waals surface area contributed by atoms with Gasteiger partial charge in [-0.3, -0.25) is 0 Å². The molecule has 118 valence electrons. The molecule has 1 aromatic carbocycles. The van der Waals surface area contributed by atoms with Gasteiger partial charge < -0.3 is 10.1 Å². The van der Waals surface area contributed by atoms with E-state index in [0.29, 0.717) is 17.9 Å². The molecule has 0 aliphatic heterocycles. The van der Waals surface area contributed by atoms with Gasteiger partial charge in [0.1, 0.15) is 5.75 Å². The Morgan fingerprint density at radius 3 is 2.24 bits per heavy atom. The summed E-state index contributed by atoms with van der Waals surface area (Å²) in [6.07, 6.45) is -1.26. The Morgan fingerprint density at radius 2 is 1.76 bits per heavy atom. The van der Waals surface area contributed by atoms with Crippen molar-refractivity contribution in [3.63, 3.8) is 0 Å². The molecule has 2 rings (SSSR count). The molecule has 0 heterocycles. The van der Waals surface area contributed by atoms with Crippen LogP contribution < -0.4 is 10.1 Å². The minimum atomic E-state index is -4.62. The molecule has 1 aromatic rings. The van der Waals surface area contributed by atoms with E-state index < -0.39 is 6.36 Å². The van der Waals surface area contributed by atoms with E-state index >= 15 is 0 Å². The monoisotopic (exact) mass is 301 g/mol. The van der Waals surface area contributed by atoms with Crippen molar-refractivity contribution >= 4 is 0 Å². The van der Waals surface area contributed by atoms with Crippen molar-refractivity contribution < 1.29 is 17.9 Å². The van der Waals surface area contributed by atoms with Crippen LogP contribution in [-0.2, 0) is 6.42 Å². The highest BCUT2D eigenvalue weighted by molar-refractivity contribution is 5.28. The zero-order chi connectivity index (χ0) is 15.5. The predicted octanol–water partition coefficient (Wildman–Crippen LogP) is 4.15. The van der Waals surface area contributed by atoms with Crippen LogP contribution >= 0.6 is 0 Å². The van der Waals surface area contributed by atoms with Gasteiger partial charge in [0.15, 0.2) is 0 Å². The summed E-state index contributed by atoms with van der Waals surface area (Å²) in [6, 6.07) is 6.73. The molecule has 1 fully saturated rings. The van der Waals surface area contributed by atoms with E-state index in [2.05, 4.69) is 23.9 Å². The van der Waals surface area contributed by atoms with E-state index in [4.69, 9.17) is 0 Å². The molecular formula is C16H22F3NO. The number of hydrogen-bond acceptors (Lipinski definition) is 2. The lowest BCUT2D eigenvalue weighted by Crippen LogP contribution is -2.38. The predicted molar refractivity (Wildman–Crippen MR) is 76.2 cm³/mol. The number of hydrogen-bond donors (Lipinski definition) is 1. The van der Waals surface area contributed by atoms with Gasteiger partial charge in [0.25, 0.3) is 0 Å². The third kappa shape index (κ3) is 5.23. The Bertz CT molecular complexity index is 442. The van der Waals surface area contributed by atoms with Crippen LogP contribution in [0.3, 0.4) is 0 Å². The highest BCUT2D eigenvalue weighted by Gasteiger charge is 2.32. The fourth-order valence-electron chi connectivity index (χ4n) is 2.69. The largest absolute Gasteiger partial charge is 0.573 e. The molecule has 1 saturated carbocycles. The number of halogens is 3. The molecule has 5 heteroatoms. The van der Waals surface area contributed by atoms with Gasteiger partial charge in [0.05, 0.1) is 0 Å². The fraction of sp³-hybridized carbons (Fsp3) is 0.625. The molecule has 2 atom stereocenters. The molecule has 0 bridgehead atoms. The minimum Gasteiger partial charge on any atom is -0.406 e. The van der Waals surface area contributed by atoms with E-state index in [-0.39, 0.29) is 5.75 Å². The summed E-state index contributed by atoms with van der Waals surface area (Å²) in [5, 5.41) is 3.45. The topological polar surface area (TPSA) is 21.3 Å². The summed E-state index contributed by atoms with van der Waals surface area (Å²) < 4.78 is 40.1. The van der Waals surface area contributed by atoms with Gasteiger partial charge in [0, 0.05) is 6.04 Å². The summed E-state index contributed by atoms with van der Waals surface area (Å²) in [5.41, 5.74) is 1.07. The van der Waals surface area contributed by atoms with Gasteiger partial charge in [-0.05, 0) is 55.3 Å². The van der Waals surface area contributed by atoms with E-state index in [0.717, 1.165) is 18.5 Å². The molecule has 0 aromatic heterocycles. The second kappa shape index (κ2) is 6.69. The average molecular weight is 301 g/mol. The van der Waals surface area contributed by atoms with Gasteiger partial charge >= 0.3 is 6.36 Å². The lowest BCUT2D eigenvalue weighted by molar-refractivity contribution is -0.274. The summed E-state index contributed by atoms with van der Waals surface area (Å²) in [6.45, 7) is 5.29. The summed E-state index contributed by atoms with van der Waals surface area (Å²) in [7, 11) is 0. The van der Waals surface area contributed by atoms with Crippen molar-refractivity contribution in [2.24, 2.45) is 11.8 Å². The first-order valence-electron chi connectivity index (χ1n) is 7.41. The van der Waals surface area contributed by atoms with Crippen LogP contribution in [0.5, 0.6) is 5.75 Å². The highest BCUT2D eigenvalue weighted by atomic mass is 19.4. The zero-order valence-electron chi connectivity index (χ0n) is 12.4. The number of rotatable bonds is 6. The molecule has 0 spiro atoms. The molecule has 1 aliphatic carbocycles. The third-order valence-electron chi connectivity index (χ3n) is 4.02. The maximum Gasteiger partial charge on any atom is 0.573 e. The first-order valence-corrected chi connectivity index (χ1v) is 7.41. The summed E-state index contributed by atoms with van der Waals surface area (Å²) in [4.78, 5) is 0. The maximum atomic E-state index is 12.1. The average Bonchev–Trinajstić information content (AvgIpc) is 2.34. The van der Waals surface area contributed by atoms with Crippen molar-refractivity contribution in [3.8, 4) is 5.75 Å². The van der Waals surface area contributed by atoms with Crippen LogP contribution in [-0.4, -0.2) is 18.9 Å². The Labute approximate surface area is 123 Å². The van der Waals surface area contributed by atoms with Crippen LogP contribution in [0.1, 0.15) is 32.3 Å². The second-order valence-corrected chi connectivity index (χ2v) is 6.06. The van der Waals surface area contributed by atoms with Gasteiger partial charge in [-0.15, -0.1) is 13.2 Å². The zero-order valence-corrected chi connectivity index (χ0v) is 12.4. The fourth-order valence-corrected chi connectivity index (χ4v) is 2.69. The van der Waals surface area contributed by atoms with Crippen molar-refractivity contribution in [2.45, 2.75) is 45.5 Å².